The number of oxazole rings is 1. The van der Waals surface area contributed by atoms with Crippen molar-refractivity contribution in [2.45, 2.75) is 121 Å². The zero-order valence-electron chi connectivity index (χ0n) is 35.9. The zero-order valence-corrected chi connectivity index (χ0v) is 38.5. The molecule has 3 aromatic heterocycles. The fourth-order valence-electron chi connectivity index (χ4n) is 9.15. The van der Waals surface area contributed by atoms with Crippen molar-refractivity contribution < 1.29 is 33.4 Å². The van der Waals surface area contributed by atoms with E-state index in [9.17, 15) is 24.6 Å². The van der Waals surface area contributed by atoms with Gasteiger partial charge in [0, 0.05) is 18.5 Å². The lowest BCUT2D eigenvalue weighted by molar-refractivity contribution is -0.181. The van der Waals surface area contributed by atoms with Crippen molar-refractivity contribution in [3.8, 4) is 5.75 Å². The highest BCUT2D eigenvalue weighted by atomic mass is 32.1. The minimum Gasteiger partial charge on any atom is -0.508 e. The van der Waals surface area contributed by atoms with Crippen LogP contribution in [0.4, 0.5) is 0 Å². The third-order valence-corrected chi connectivity index (χ3v) is 20.3. The molecule has 8 rings (SSSR count). The first-order chi connectivity index (χ1) is 29.0. The summed E-state index contributed by atoms with van der Waals surface area (Å²) in [5.74, 6) is -0.801. The number of hydrogen-bond donors (Lipinski definition) is 2. The second kappa shape index (κ2) is 17.2. The highest BCUT2D eigenvalue weighted by Crippen LogP contribution is 2.51. The molecule has 4 heterocycles. The van der Waals surface area contributed by atoms with E-state index in [1.807, 2.05) is 47.2 Å². The van der Waals surface area contributed by atoms with Gasteiger partial charge in [-0.1, -0.05) is 51.1 Å². The third kappa shape index (κ3) is 8.92. The summed E-state index contributed by atoms with van der Waals surface area (Å²) in [6.45, 7) is 14.6. The highest BCUT2D eigenvalue weighted by molar-refractivity contribution is 7.12. The maximum Gasteiger partial charge on any atom is 0.419 e. The molecule has 0 radical (unpaired) electrons. The van der Waals surface area contributed by atoms with E-state index in [1.165, 1.54) is 22.7 Å². The maximum atomic E-state index is 13.4. The normalized spacial score (nSPS) is 17.8. The van der Waals surface area contributed by atoms with Crippen LogP contribution in [0.15, 0.2) is 80.6 Å². The van der Waals surface area contributed by atoms with Gasteiger partial charge in [-0.3, -0.25) is 9.36 Å². The number of aliphatic hydroxyl groups is 1. The van der Waals surface area contributed by atoms with E-state index in [0.29, 0.717) is 27.4 Å². The van der Waals surface area contributed by atoms with Gasteiger partial charge in [-0.2, -0.15) is 0 Å². The molecule has 1 spiro atoms. The van der Waals surface area contributed by atoms with E-state index >= 15 is 0 Å². The number of aromatic nitrogens is 1. The first-order valence-corrected chi connectivity index (χ1v) is 26.3. The Morgan fingerprint density at radius 3 is 2.33 bits per heavy atom. The third-order valence-electron chi connectivity index (χ3n) is 13.8. The van der Waals surface area contributed by atoms with Crippen LogP contribution in [0.25, 0.3) is 17.2 Å². The van der Waals surface area contributed by atoms with Crippen LogP contribution in [0.2, 0.25) is 18.1 Å². The topological polar surface area (TPSA) is 131 Å². The van der Waals surface area contributed by atoms with Gasteiger partial charge < -0.3 is 28.7 Å². The van der Waals surface area contributed by atoms with E-state index in [-0.39, 0.29) is 46.4 Å². The molecule has 2 N–H and O–H groups in total. The van der Waals surface area contributed by atoms with Crippen molar-refractivity contribution in [1.82, 2.24) is 9.47 Å². The molecule has 0 unspecified atom stereocenters. The Morgan fingerprint density at radius 2 is 1.67 bits per heavy atom. The average molecular weight is 883 g/mol. The van der Waals surface area contributed by atoms with Crippen LogP contribution in [-0.2, 0) is 43.7 Å². The van der Waals surface area contributed by atoms with Crippen molar-refractivity contribution in [1.29, 1.82) is 0 Å². The Kier molecular flexibility index (Phi) is 12.3. The van der Waals surface area contributed by atoms with Gasteiger partial charge in [0.1, 0.15) is 11.9 Å². The fourth-order valence-corrected chi connectivity index (χ4v) is 12.2. The van der Waals surface area contributed by atoms with Gasteiger partial charge in [0.25, 0.3) is 0 Å². The van der Waals surface area contributed by atoms with Crippen molar-refractivity contribution in [3.63, 3.8) is 0 Å². The van der Waals surface area contributed by atoms with Crippen molar-refractivity contribution in [2.24, 2.45) is 5.41 Å². The SMILES string of the molecule is CC(C)(C)[Si](C)(C)O[C@@H](CCCc1ccc2c(c1)oc(=O)n2CCCN1CCC2(CC1)CC(OC(=O)C(O)(c1cccs1)c1cccs1)C2)c1ccc(O)c2c1C=CC(=O)C2. The molecule has 2 aliphatic carbocycles. The van der Waals surface area contributed by atoms with E-state index in [1.54, 1.807) is 28.8 Å². The van der Waals surface area contributed by atoms with Crippen LogP contribution >= 0.6 is 22.7 Å². The molecule has 61 heavy (non-hydrogen) atoms. The number of phenols is 1. The summed E-state index contributed by atoms with van der Waals surface area (Å²) in [6.07, 6.45) is 10.2. The molecule has 10 nitrogen and oxygen atoms in total. The number of carbonyl (C=O) groups excluding carboxylic acids is 2. The van der Waals surface area contributed by atoms with Gasteiger partial charge in [0.15, 0.2) is 19.7 Å². The van der Waals surface area contributed by atoms with Gasteiger partial charge in [-0.05, 0) is 158 Å². The Labute approximate surface area is 366 Å². The molecule has 1 saturated heterocycles. The number of esters is 1. The average Bonchev–Trinajstić information content (AvgIpc) is 4.01. The van der Waals surface area contributed by atoms with E-state index < -0.39 is 19.9 Å². The highest BCUT2D eigenvalue weighted by Gasteiger charge is 2.51. The zero-order chi connectivity index (χ0) is 43.2. The Bertz CT molecular complexity index is 2410. The fraction of sp³-hybridized carbons (Fsp3) is 0.479. The molecule has 2 fully saturated rings. The monoisotopic (exact) mass is 882 g/mol. The summed E-state index contributed by atoms with van der Waals surface area (Å²) >= 11 is 2.71. The van der Waals surface area contributed by atoms with Crippen LogP contribution in [-0.4, -0.2) is 65.5 Å². The summed E-state index contributed by atoms with van der Waals surface area (Å²) in [5.41, 5.74) is 3.46. The summed E-state index contributed by atoms with van der Waals surface area (Å²) in [4.78, 5) is 42.4. The molecule has 3 aliphatic rings. The number of piperidine rings is 1. The summed E-state index contributed by atoms with van der Waals surface area (Å²) in [5, 5.41) is 26.0. The number of hydrogen-bond acceptors (Lipinski definition) is 11. The number of rotatable bonds is 15. The second-order valence-electron chi connectivity index (χ2n) is 18.9. The number of thiophene rings is 2. The molecule has 13 heteroatoms. The van der Waals surface area contributed by atoms with E-state index in [4.69, 9.17) is 13.6 Å². The first kappa shape index (κ1) is 43.5. The number of benzene rings is 2. The lowest BCUT2D eigenvalue weighted by Crippen LogP contribution is -2.52. The molecule has 0 amide bonds. The van der Waals surface area contributed by atoms with Gasteiger partial charge >= 0.3 is 11.7 Å². The first-order valence-electron chi connectivity index (χ1n) is 21.6. The number of ketones is 1. The number of allylic oxidation sites excluding steroid dienone is 1. The van der Waals surface area contributed by atoms with Crippen LogP contribution in [0.3, 0.4) is 0 Å². The number of fused-ring (bicyclic) bond motifs is 2. The number of ether oxygens (including phenoxy) is 1. The van der Waals surface area contributed by atoms with Crippen LogP contribution in [0, 0.1) is 5.41 Å². The number of likely N-dealkylation sites (tertiary alicyclic amines) is 1. The Morgan fingerprint density at radius 1 is 0.967 bits per heavy atom. The van der Waals surface area contributed by atoms with Gasteiger partial charge in [0.2, 0.25) is 5.60 Å². The van der Waals surface area contributed by atoms with Crippen LogP contribution < -0.4 is 5.76 Å². The number of aryl methyl sites for hydroxylation is 2. The summed E-state index contributed by atoms with van der Waals surface area (Å²) in [6, 6.07) is 17.0. The molecule has 5 aromatic rings. The van der Waals surface area contributed by atoms with Crippen molar-refractivity contribution in [3.05, 3.63) is 114 Å². The van der Waals surface area contributed by atoms with E-state index in [0.717, 1.165) is 93.2 Å². The lowest BCUT2D eigenvalue weighted by Gasteiger charge is -2.51. The summed E-state index contributed by atoms with van der Waals surface area (Å²) in [7, 11) is -2.18. The minimum absolute atomic E-state index is 0.00608. The number of phenolic OH excluding ortho intramolecular Hbond substituents is 1. The molecule has 1 aliphatic heterocycles. The molecule has 0 bridgehead atoms. The Hall–Kier alpha value is -4.11. The van der Waals surface area contributed by atoms with Crippen molar-refractivity contribution >= 4 is 59.9 Å². The predicted octanol–water partition coefficient (Wildman–Crippen LogP) is 9.76. The number of aromatic hydroxyl groups is 1. The van der Waals surface area contributed by atoms with Gasteiger partial charge in [-0.15, -0.1) is 22.7 Å². The predicted molar refractivity (Wildman–Crippen MR) is 244 cm³/mol. The minimum atomic E-state index is -2.18. The maximum absolute atomic E-state index is 13.4. The Balaban J connectivity index is 0.829. The van der Waals surface area contributed by atoms with E-state index in [2.05, 4.69) is 44.8 Å². The molecule has 1 saturated carbocycles. The van der Waals surface area contributed by atoms with Gasteiger partial charge in [-0.25, -0.2) is 9.59 Å². The standard InChI is InChI=1S/C48H58N2O8S2Si/c1-46(2,3)61(4,5)58-40(36-17-19-39(52)37-29-33(51)15-16-35(36)37)11-6-10-32-14-18-38-41(28-32)57-45(54)50(38)23-9-22-49-24-20-47(21-25-49)30-34(31-47)56-44(53)48(55,42-12-7-26-59-42)43-13-8-27-60-43/h7-8,12-19,26-28,34,40,52,55H,6,9-11,20-25,29-31H2,1-5H3/t40-/m0/s1. The molecule has 2 aromatic carbocycles. The second-order valence-corrected chi connectivity index (χ2v) is 25.6. The smallest absolute Gasteiger partial charge is 0.419 e. The number of carbonyl (C=O) groups is 2. The van der Waals surface area contributed by atoms with Crippen LogP contribution in [0.1, 0.15) is 104 Å². The lowest BCUT2D eigenvalue weighted by atomic mass is 9.61. The largest absolute Gasteiger partial charge is 0.508 e. The molecule has 324 valence electrons. The molecular formula is C48H58N2O8S2Si. The van der Waals surface area contributed by atoms with Crippen molar-refractivity contribution in [2.75, 3.05) is 19.6 Å². The van der Waals surface area contributed by atoms with Gasteiger partial charge in [0.05, 0.1) is 21.4 Å². The molecule has 1 atom stereocenters. The summed E-state index contributed by atoms with van der Waals surface area (Å²) < 4.78 is 20.5. The van der Waals surface area contributed by atoms with Crippen LogP contribution in [0.5, 0.6) is 5.75 Å². The quantitative estimate of drug-likeness (QED) is 0.0780. The molecular weight excluding hydrogens is 825 g/mol. The number of nitrogens with zero attached hydrogens (tertiary/aromatic N) is 2.